The number of aromatic nitrogens is 1. The summed E-state index contributed by atoms with van der Waals surface area (Å²) in [5, 5.41) is 21.2. The average molecular weight is 493 g/mol. The molecule has 7 rings (SSSR count). The van der Waals surface area contributed by atoms with E-state index in [-0.39, 0.29) is 40.0 Å². The maximum absolute atomic E-state index is 13.6. The summed E-state index contributed by atoms with van der Waals surface area (Å²) in [6.45, 7) is 0.550. The molecule has 0 saturated carbocycles. The van der Waals surface area contributed by atoms with Crippen molar-refractivity contribution in [2.24, 2.45) is 0 Å². The van der Waals surface area contributed by atoms with E-state index in [9.17, 15) is 24.6 Å². The van der Waals surface area contributed by atoms with E-state index in [0.29, 0.717) is 23.2 Å². The zero-order valence-corrected chi connectivity index (χ0v) is 19.4. The second-order valence-corrected chi connectivity index (χ2v) is 9.43. The van der Waals surface area contributed by atoms with Crippen LogP contribution in [-0.2, 0) is 17.8 Å². The second kappa shape index (κ2) is 7.57. The Morgan fingerprint density at radius 1 is 0.973 bits per heavy atom. The molecule has 5 aromatic rings. The van der Waals surface area contributed by atoms with E-state index in [1.165, 1.54) is 24.5 Å². The smallest absolute Gasteiger partial charge is 0.312 e. The predicted octanol–water partition coefficient (Wildman–Crippen LogP) is 4.18. The van der Waals surface area contributed by atoms with E-state index in [0.717, 1.165) is 22.9 Å². The topological polar surface area (TPSA) is 119 Å². The molecule has 182 valence electrons. The molecule has 8 nitrogen and oxygen atoms in total. The van der Waals surface area contributed by atoms with Crippen molar-refractivity contribution >= 4 is 27.8 Å². The molecule has 3 aromatic carbocycles. The molecular weight excluding hydrogens is 474 g/mol. The number of aryl methyl sites for hydroxylation is 2. The van der Waals surface area contributed by atoms with E-state index in [4.69, 9.17) is 9.15 Å². The van der Waals surface area contributed by atoms with E-state index < -0.39 is 23.1 Å². The molecular formula is C29H19NO7. The van der Waals surface area contributed by atoms with Crippen molar-refractivity contribution in [1.29, 1.82) is 0 Å². The van der Waals surface area contributed by atoms with Gasteiger partial charge in [0.15, 0.2) is 0 Å². The number of benzene rings is 3. The SMILES string of the molecule is O=C1C[C@H](c2cc3cccc4c3n(c2=O)CC4)c2c(cc(O)c3c(=O)c(-c4ccc(O)cc4)coc23)O1. The van der Waals surface area contributed by atoms with Gasteiger partial charge in [0.25, 0.3) is 5.56 Å². The monoisotopic (exact) mass is 493 g/mol. The number of hydrogen-bond donors (Lipinski definition) is 2. The van der Waals surface area contributed by atoms with Gasteiger partial charge < -0.3 is 23.9 Å². The van der Waals surface area contributed by atoms with Crippen LogP contribution in [0.25, 0.3) is 33.0 Å². The fourth-order valence-electron chi connectivity index (χ4n) is 5.68. The maximum atomic E-state index is 13.6. The Labute approximate surface area is 208 Å². The van der Waals surface area contributed by atoms with E-state index in [1.54, 1.807) is 22.8 Å². The number of phenols is 2. The summed E-state index contributed by atoms with van der Waals surface area (Å²) in [6, 6.07) is 15.0. The lowest BCUT2D eigenvalue weighted by atomic mass is 9.85. The molecule has 0 radical (unpaired) electrons. The number of phenolic OH excluding ortho intramolecular Hbond substituents is 2. The maximum Gasteiger partial charge on any atom is 0.312 e. The van der Waals surface area contributed by atoms with Gasteiger partial charge in [0.1, 0.15) is 34.5 Å². The van der Waals surface area contributed by atoms with Gasteiger partial charge in [0, 0.05) is 29.7 Å². The first-order chi connectivity index (χ1) is 17.9. The quantitative estimate of drug-likeness (QED) is 0.280. The highest BCUT2D eigenvalue weighted by molar-refractivity contribution is 5.94. The van der Waals surface area contributed by atoms with Gasteiger partial charge in [0.2, 0.25) is 5.43 Å². The summed E-state index contributed by atoms with van der Waals surface area (Å²) in [6.07, 6.45) is 1.92. The normalized spacial score (nSPS) is 16.2. The third kappa shape index (κ3) is 3.05. The first kappa shape index (κ1) is 21.4. The van der Waals surface area contributed by atoms with Crippen molar-refractivity contribution in [2.75, 3.05) is 0 Å². The number of carbonyl (C=O) groups is 1. The molecule has 37 heavy (non-hydrogen) atoms. The van der Waals surface area contributed by atoms with Crippen molar-refractivity contribution in [3.8, 4) is 28.4 Å². The number of nitrogens with zero attached hydrogens (tertiary/aromatic N) is 1. The first-order valence-corrected chi connectivity index (χ1v) is 11.9. The number of esters is 1. The summed E-state index contributed by atoms with van der Waals surface area (Å²) in [5.74, 6) is -1.56. The van der Waals surface area contributed by atoms with Crippen LogP contribution in [0.15, 0.2) is 74.9 Å². The van der Waals surface area contributed by atoms with E-state index >= 15 is 0 Å². The number of pyridine rings is 1. The molecule has 4 heterocycles. The van der Waals surface area contributed by atoms with E-state index in [2.05, 4.69) is 0 Å². The Bertz CT molecular complexity index is 1910. The van der Waals surface area contributed by atoms with Gasteiger partial charge in [0.05, 0.1) is 17.5 Å². The van der Waals surface area contributed by atoms with Gasteiger partial charge >= 0.3 is 5.97 Å². The highest BCUT2D eigenvalue weighted by Gasteiger charge is 2.36. The summed E-state index contributed by atoms with van der Waals surface area (Å²) < 4.78 is 13.1. The lowest BCUT2D eigenvalue weighted by molar-refractivity contribution is -0.135. The molecule has 1 atom stereocenters. The fraction of sp³-hybridized carbons (Fsp3) is 0.138. The minimum atomic E-state index is -0.730. The van der Waals surface area contributed by atoms with Crippen LogP contribution in [-0.4, -0.2) is 20.7 Å². The van der Waals surface area contributed by atoms with Crippen LogP contribution < -0.4 is 15.7 Å². The minimum absolute atomic E-state index is 0.0487. The van der Waals surface area contributed by atoms with Crippen LogP contribution in [0.3, 0.4) is 0 Å². The van der Waals surface area contributed by atoms with Crippen molar-refractivity contribution in [3.63, 3.8) is 0 Å². The molecule has 0 amide bonds. The van der Waals surface area contributed by atoms with Crippen LogP contribution >= 0.6 is 0 Å². The van der Waals surface area contributed by atoms with Crippen LogP contribution in [0.4, 0.5) is 0 Å². The second-order valence-electron chi connectivity index (χ2n) is 9.43. The van der Waals surface area contributed by atoms with Gasteiger partial charge in [-0.1, -0.05) is 30.3 Å². The Kier molecular flexibility index (Phi) is 4.39. The molecule has 0 aliphatic carbocycles. The number of carbonyl (C=O) groups excluding carboxylic acids is 1. The van der Waals surface area contributed by atoms with Crippen molar-refractivity contribution < 1.29 is 24.2 Å². The molecule has 2 aliphatic heterocycles. The summed E-state index contributed by atoms with van der Waals surface area (Å²) in [4.78, 5) is 39.8. The molecule has 0 fully saturated rings. The van der Waals surface area contributed by atoms with Gasteiger partial charge in [-0.25, -0.2) is 0 Å². The Morgan fingerprint density at radius 3 is 2.59 bits per heavy atom. The number of rotatable bonds is 2. The molecule has 8 heteroatoms. The lowest BCUT2D eigenvalue weighted by Crippen LogP contribution is -2.29. The third-order valence-corrected chi connectivity index (χ3v) is 7.35. The van der Waals surface area contributed by atoms with Crippen molar-refractivity contribution in [2.45, 2.75) is 25.3 Å². The fourth-order valence-corrected chi connectivity index (χ4v) is 5.68. The Morgan fingerprint density at radius 2 is 1.78 bits per heavy atom. The van der Waals surface area contributed by atoms with E-state index in [1.807, 2.05) is 18.2 Å². The molecule has 0 spiro atoms. The number of para-hydroxylation sites is 1. The van der Waals surface area contributed by atoms with Gasteiger partial charge in [-0.2, -0.15) is 0 Å². The van der Waals surface area contributed by atoms with Gasteiger partial charge in [-0.15, -0.1) is 0 Å². The number of ether oxygens (including phenoxy) is 1. The molecule has 0 unspecified atom stereocenters. The van der Waals surface area contributed by atoms with Crippen LogP contribution in [0.1, 0.15) is 29.0 Å². The van der Waals surface area contributed by atoms with Crippen LogP contribution in [0.5, 0.6) is 17.2 Å². The van der Waals surface area contributed by atoms with Crippen LogP contribution in [0, 0.1) is 0 Å². The highest BCUT2D eigenvalue weighted by Crippen LogP contribution is 2.45. The molecule has 2 aromatic heterocycles. The van der Waals surface area contributed by atoms with Gasteiger partial charge in [-0.3, -0.25) is 14.4 Å². The Hall–Kier alpha value is -4.85. The summed E-state index contributed by atoms with van der Waals surface area (Å²) >= 11 is 0. The zero-order chi connectivity index (χ0) is 25.4. The predicted molar refractivity (Wildman–Crippen MR) is 135 cm³/mol. The van der Waals surface area contributed by atoms with Crippen LogP contribution in [0.2, 0.25) is 0 Å². The molecule has 0 saturated heterocycles. The average Bonchev–Trinajstić information content (AvgIpc) is 3.32. The van der Waals surface area contributed by atoms with Gasteiger partial charge in [-0.05, 0) is 41.1 Å². The largest absolute Gasteiger partial charge is 0.508 e. The minimum Gasteiger partial charge on any atom is -0.508 e. The molecule has 2 aliphatic rings. The van der Waals surface area contributed by atoms with Crippen molar-refractivity contribution in [1.82, 2.24) is 4.57 Å². The molecule has 2 N–H and O–H groups in total. The third-order valence-electron chi connectivity index (χ3n) is 7.35. The number of fused-ring (bicyclic) bond motifs is 3. The first-order valence-electron chi connectivity index (χ1n) is 11.9. The summed E-state index contributed by atoms with van der Waals surface area (Å²) in [7, 11) is 0. The lowest BCUT2D eigenvalue weighted by Gasteiger charge is -2.26. The number of hydrogen-bond acceptors (Lipinski definition) is 7. The zero-order valence-electron chi connectivity index (χ0n) is 19.4. The summed E-state index contributed by atoms with van der Waals surface area (Å²) in [5.41, 5.74) is 2.85. The van der Waals surface area contributed by atoms with Crippen molar-refractivity contribution in [3.05, 3.63) is 98.1 Å². The number of aromatic hydroxyl groups is 2. The highest BCUT2D eigenvalue weighted by atomic mass is 16.5. The molecule has 0 bridgehead atoms. The standard InChI is InChI=1S/C29H19NO7/c31-17-6-4-14(5-7-17)20-13-36-28-24-18(11-23(33)37-22(24)12-21(32)25(28)27(20)34)19-10-16-3-1-2-15-8-9-30(26(15)16)29(19)35/h1-7,10,12-13,18,31-32H,8-9,11H2/t18-/m1/s1. The Balaban J connectivity index is 1.50.